The third-order valence-electron chi connectivity index (χ3n) is 10.4. The molecule has 4 atom stereocenters. The first-order valence-corrected chi connectivity index (χ1v) is 18.7. The topological polar surface area (TPSA) is 202 Å². The summed E-state index contributed by atoms with van der Waals surface area (Å²) < 4.78 is 25.6. The highest BCUT2D eigenvalue weighted by molar-refractivity contribution is 5.92. The average Bonchev–Trinajstić information content (AvgIpc) is 4.02. The molecule has 7 rings (SSSR count). The number of ether oxygens (including phenoxy) is 5. The number of rotatable bonds is 12. The molecule has 17 heteroatoms. The fourth-order valence-electron chi connectivity index (χ4n) is 7.51. The highest BCUT2D eigenvalue weighted by Gasteiger charge is 2.37. The Morgan fingerprint density at radius 3 is 2.05 bits per heavy atom. The lowest BCUT2D eigenvalue weighted by molar-refractivity contribution is -0.144. The van der Waals surface area contributed by atoms with E-state index in [2.05, 4.69) is 55.9 Å². The molecule has 2 fully saturated rings. The number of H-pyrrole nitrogens is 2. The first-order chi connectivity index (χ1) is 27.7. The number of nitrogens with zero attached hydrogens (tertiary/aromatic N) is 4. The van der Waals surface area contributed by atoms with Crippen molar-refractivity contribution >= 4 is 45.8 Å². The van der Waals surface area contributed by atoms with Crippen LogP contribution in [-0.2, 0) is 33.3 Å². The molecule has 5 aromatic rings. The van der Waals surface area contributed by atoms with Crippen molar-refractivity contribution in [3.05, 3.63) is 72.4 Å². The molecule has 2 saturated heterocycles. The molecule has 0 bridgehead atoms. The van der Waals surface area contributed by atoms with Crippen molar-refractivity contribution < 1.29 is 42.9 Å². The summed E-state index contributed by atoms with van der Waals surface area (Å²) >= 11 is 0. The number of methoxy groups -OCH3 is 4. The van der Waals surface area contributed by atoms with Crippen LogP contribution in [0.25, 0.3) is 44.2 Å². The molecule has 4 heterocycles. The van der Waals surface area contributed by atoms with E-state index in [4.69, 9.17) is 28.7 Å². The zero-order chi connectivity index (χ0) is 40.1. The van der Waals surface area contributed by atoms with Gasteiger partial charge in [0.05, 0.1) is 69.6 Å². The second kappa shape index (κ2) is 17.4. The van der Waals surface area contributed by atoms with Crippen molar-refractivity contribution in [3.63, 3.8) is 0 Å². The average molecular weight is 783 g/mol. The third-order valence-corrected chi connectivity index (χ3v) is 10.4. The van der Waals surface area contributed by atoms with Gasteiger partial charge in [0, 0.05) is 32.9 Å². The van der Waals surface area contributed by atoms with E-state index < -0.39 is 30.3 Å². The Labute approximate surface area is 328 Å². The predicted octanol–water partition coefficient (Wildman–Crippen LogP) is 4.08. The summed E-state index contributed by atoms with van der Waals surface area (Å²) in [5.41, 5.74) is 5.34. The molecule has 0 unspecified atom stereocenters. The van der Waals surface area contributed by atoms with E-state index >= 15 is 0 Å². The molecule has 0 saturated carbocycles. The van der Waals surface area contributed by atoms with Crippen molar-refractivity contribution in [1.29, 1.82) is 0 Å². The largest absolute Gasteiger partial charge is 0.453 e. The van der Waals surface area contributed by atoms with Crippen molar-refractivity contribution in [1.82, 2.24) is 40.4 Å². The highest BCUT2D eigenvalue weighted by Crippen LogP contribution is 2.34. The number of fused-ring (bicyclic) bond motifs is 2. The van der Waals surface area contributed by atoms with Crippen LogP contribution in [0.15, 0.2) is 60.8 Å². The van der Waals surface area contributed by atoms with Gasteiger partial charge in [-0.15, -0.1) is 0 Å². The van der Waals surface area contributed by atoms with Crippen molar-refractivity contribution in [2.24, 2.45) is 0 Å². The minimum absolute atomic E-state index is 0.0163. The number of hydrogen-bond acceptors (Lipinski definition) is 11. The molecule has 300 valence electrons. The SMILES string of the molecule is COC[C@H](NC(=O)OC)C(=O)N1CCC[C@H]1c1ncc(-c2ccc3cc(-c4ccc5nc([C@@H]6COCCN6C(=O)[C@H](COC)NC(=O)OC)[nH]c5c4)ccc3c2)[nH]1. The number of benzene rings is 3. The normalized spacial score (nSPS) is 18.0. The Morgan fingerprint density at radius 1 is 0.772 bits per heavy atom. The third kappa shape index (κ3) is 8.40. The van der Waals surface area contributed by atoms with Gasteiger partial charge in [0.15, 0.2) is 0 Å². The maximum atomic E-state index is 13.6. The van der Waals surface area contributed by atoms with Crippen LogP contribution in [-0.4, -0.2) is 134 Å². The number of hydrogen-bond donors (Lipinski definition) is 4. The maximum absolute atomic E-state index is 13.6. The zero-order valence-corrected chi connectivity index (χ0v) is 32.2. The number of aromatic nitrogens is 4. The lowest BCUT2D eigenvalue weighted by Crippen LogP contribution is -2.54. The van der Waals surface area contributed by atoms with Gasteiger partial charge in [0.2, 0.25) is 11.8 Å². The Morgan fingerprint density at radius 2 is 1.39 bits per heavy atom. The van der Waals surface area contributed by atoms with Crippen LogP contribution in [0, 0.1) is 0 Å². The van der Waals surface area contributed by atoms with Gasteiger partial charge in [-0.3, -0.25) is 9.59 Å². The van der Waals surface area contributed by atoms with Gasteiger partial charge in [-0.05, 0) is 59.0 Å². The fourth-order valence-corrected chi connectivity index (χ4v) is 7.51. The smallest absolute Gasteiger partial charge is 0.407 e. The van der Waals surface area contributed by atoms with Crippen LogP contribution in [0.4, 0.5) is 9.59 Å². The summed E-state index contributed by atoms with van der Waals surface area (Å²) in [6, 6.07) is 15.9. The first kappa shape index (κ1) is 39.2. The zero-order valence-electron chi connectivity index (χ0n) is 32.2. The summed E-state index contributed by atoms with van der Waals surface area (Å²) in [6.45, 7) is 1.46. The van der Waals surface area contributed by atoms with E-state index in [9.17, 15) is 19.2 Å². The van der Waals surface area contributed by atoms with Gasteiger partial charge in [0.1, 0.15) is 29.8 Å². The second-order valence-corrected chi connectivity index (χ2v) is 13.9. The van der Waals surface area contributed by atoms with Gasteiger partial charge in [0.25, 0.3) is 0 Å². The molecular weight excluding hydrogens is 736 g/mol. The molecule has 2 aliphatic rings. The van der Waals surface area contributed by atoms with E-state index in [1.54, 1.807) is 16.0 Å². The summed E-state index contributed by atoms with van der Waals surface area (Å²) in [5, 5.41) is 7.23. The number of aromatic amines is 2. The van der Waals surface area contributed by atoms with Crippen LogP contribution < -0.4 is 10.6 Å². The molecule has 4 amide bonds. The number of carbonyl (C=O) groups excluding carboxylic acids is 4. The minimum Gasteiger partial charge on any atom is -0.453 e. The Balaban J connectivity index is 1.07. The van der Waals surface area contributed by atoms with Crippen molar-refractivity contribution in [2.45, 2.75) is 37.0 Å². The van der Waals surface area contributed by atoms with E-state index in [-0.39, 0.29) is 37.7 Å². The summed E-state index contributed by atoms with van der Waals surface area (Å²) in [6.07, 6.45) is 1.91. The molecular formula is C40H46N8O9. The first-order valence-electron chi connectivity index (χ1n) is 18.7. The molecule has 2 aromatic heterocycles. The number of nitrogens with one attached hydrogen (secondary N) is 4. The standard InChI is InChI=1S/C40H46N8O9/c1-53-20-31(45-39(51)55-3)37(49)47-13-5-6-33(47)35-41-19-30(44-35)27-10-9-23-16-24(7-8-25(23)17-27)26-11-12-28-29(18-26)43-36(42-28)34-22-57-15-14-48(34)38(50)32(21-54-2)46-40(52)56-4/h7-12,16-19,31-34H,5-6,13-15,20-22H2,1-4H3,(H,41,44)(H,42,43)(H,45,51)(H,46,52)/t31-,32-,33-,34-/m0/s1. The highest BCUT2D eigenvalue weighted by atomic mass is 16.5. The maximum Gasteiger partial charge on any atom is 0.407 e. The Bertz CT molecular complexity index is 2260. The molecule has 3 aromatic carbocycles. The molecule has 17 nitrogen and oxygen atoms in total. The van der Waals surface area contributed by atoms with E-state index in [0.29, 0.717) is 31.3 Å². The molecule has 0 radical (unpaired) electrons. The molecule has 0 spiro atoms. The Hall–Kier alpha value is -6.04. The lowest BCUT2D eigenvalue weighted by Gasteiger charge is -2.36. The summed E-state index contributed by atoms with van der Waals surface area (Å²) in [5.74, 6) is 0.685. The van der Waals surface area contributed by atoms with Crippen LogP contribution >= 0.6 is 0 Å². The van der Waals surface area contributed by atoms with Gasteiger partial charge < -0.3 is 54.1 Å². The van der Waals surface area contributed by atoms with E-state index in [0.717, 1.165) is 57.0 Å². The molecule has 0 aliphatic carbocycles. The van der Waals surface area contributed by atoms with Gasteiger partial charge in [-0.1, -0.05) is 30.3 Å². The Kier molecular flexibility index (Phi) is 12.0. The van der Waals surface area contributed by atoms with E-state index in [1.165, 1.54) is 28.4 Å². The van der Waals surface area contributed by atoms with Crippen LogP contribution in [0.5, 0.6) is 0 Å². The van der Waals surface area contributed by atoms with Crippen LogP contribution in [0.3, 0.4) is 0 Å². The van der Waals surface area contributed by atoms with Crippen LogP contribution in [0.2, 0.25) is 0 Å². The fraction of sp³-hybridized carbons (Fsp3) is 0.400. The monoisotopic (exact) mass is 782 g/mol. The van der Waals surface area contributed by atoms with Crippen LogP contribution in [0.1, 0.15) is 36.6 Å². The number of carbonyl (C=O) groups is 4. The van der Waals surface area contributed by atoms with Gasteiger partial charge in [-0.25, -0.2) is 19.6 Å². The van der Waals surface area contributed by atoms with Crippen molar-refractivity contribution in [2.75, 3.05) is 68.0 Å². The van der Waals surface area contributed by atoms with Gasteiger partial charge >= 0.3 is 12.2 Å². The number of alkyl carbamates (subject to hydrolysis) is 2. The number of amides is 4. The summed E-state index contributed by atoms with van der Waals surface area (Å²) in [4.78, 5) is 70.6. The number of likely N-dealkylation sites (tertiary alicyclic amines) is 1. The van der Waals surface area contributed by atoms with Gasteiger partial charge in [-0.2, -0.15) is 0 Å². The number of imidazole rings is 2. The minimum atomic E-state index is -0.932. The lowest BCUT2D eigenvalue weighted by atomic mass is 9.99. The quantitative estimate of drug-likeness (QED) is 0.142. The predicted molar refractivity (Wildman–Crippen MR) is 208 cm³/mol. The van der Waals surface area contributed by atoms with Crippen molar-refractivity contribution in [3.8, 4) is 22.4 Å². The molecule has 2 aliphatic heterocycles. The second-order valence-electron chi connectivity index (χ2n) is 13.9. The molecule has 4 N–H and O–H groups in total. The molecule has 57 heavy (non-hydrogen) atoms. The summed E-state index contributed by atoms with van der Waals surface area (Å²) in [7, 11) is 5.43. The van der Waals surface area contributed by atoms with E-state index in [1.807, 2.05) is 24.3 Å². The number of morpholine rings is 1.